The van der Waals surface area contributed by atoms with Gasteiger partial charge in [-0.3, -0.25) is 20.2 Å². The summed E-state index contributed by atoms with van der Waals surface area (Å²) in [6, 6.07) is 10.3. The summed E-state index contributed by atoms with van der Waals surface area (Å²) in [5.74, 6) is -0.828. The first-order chi connectivity index (χ1) is 12.8. The molecule has 0 radical (unpaired) electrons. The highest BCUT2D eigenvalue weighted by Crippen LogP contribution is 2.24. The van der Waals surface area contributed by atoms with Crippen LogP contribution in [0.4, 0.5) is 11.0 Å². The van der Waals surface area contributed by atoms with Crippen molar-refractivity contribution in [3.63, 3.8) is 0 Å². The van der Waals surface area contributed by atoms with E-state index in [1.54, 1.807) is 18.2 Å². The number of amides is 1. The first-order valence-corrected chi connectivity index (χ1v) is 9.98. The lowest BCUT2D eigenvalue weighted by atomic mass is 10.4. The van der Waals surface area contributed by atoms with E-state index in [1.165, 1.54) is 24.3 Å². The van der Waals surface area contributed by atoms with Crippen LogP contribution in [0, 0.1) is 10.1 Å². The van der Waals surface area contributed by atoms with Crippen molar-refractivity contribution < 1.29 is 22.6 Å². The fourth-order valence-electron chi connectivity index (χ4n) is 2.08. The lowest BCUT2D eigenvalue weighted by Crippen LogP contribution is -2.10. The van der Waals surface area contributed by atoms with E-state index >= 15 is 0 Å². The predicted molar refractivity (Wildman–Crippen MR) is 95.4 cm³/mol. The van der Waals surface area contributed by atoms with E-state index in [1.807, 2.05) is 0 Å². The lowest BCUT2D eigenvalue weighted by molar-refractivity contribution is -0.380. The average molecular weight is 408 g/mol. The molecule has 0 unspecified atom stereocenters. The van der Waals surface area contributed by atoms with E-state index in [9.17, 15) is 23.3 Å². The molecule has 1 amide bonds. The van der Waals surface area contributed by atoms with Crippen LogP contribution >= 0.6 is 11.3 Å². The molecule has 0 saturated carbocycles. The molecule has 0 bridgehead atoms. The zero-order chi connectivity index (χ0) is 19.4. The van der Waals surface area contributed by atoms with Crippen molar-refractivity contribution in [2.24, 2.45) is 0 Å². The number of nitrogens with one attached hydrogen (secondary N) is 1. The molecule has 0 fully saturated rings. The second kappa shape index (κ2) is 7.63. The number of carbonyl (C=O) groups is 1. The molecule has 140 valence electrons. The Kier molecular flexibility index (Phi) is 5.28. The van der Waals surface area contributed by atoms with Gasteiger partial charge in [0.25, 0.3) is 5.91 Å². The second-order valence-corrected chi connectivity index (χ2v) is 8.40. The minimum atomic E-state index is -3.50. The number of anilines is 1. The molecule has 0 atom stereocenters. The number of carbonyl (C=O) groups excluding carboxylic acids is 1. The predicted octanol–water partition coefficient (Wildman–Crippen LogP) is 2.31. The third-order valence-electron chi connectivity index (χ3n) is 3.37. The minimum absolute atomic E-state index is 0.0232. The van der Waals surface area contributed by atoms with Gasteiger partial charge in [-0.1, -0.05) is 34.6 Å². The number of hydrogen-bond acceptors (Lipinski definition) is 9. The third-order valence-corrected chi connectivity index (χ3v) is 6.14. The Balaban J connectivity index is 1.61. The largest absolute Gasteiger partial charge is 0.408 e. The van der Waals surface area contributed by atoms with E-state index < -0.39 is 20.7 Å². The maximum absolute atomic E-state index is 12.2. The molecule has 0 saturated heterocycles. The Labute approximate surface area is 156 Å². The zero-order valence-electron chi connectivity index (χ0n) is 13.6. The van der Waals surface area contributed by atoms with Crippen LogP contribution in [-0.2, 0) is 16.3 Å². The van der Waals surface area contributed by atoms with Gasteiger partial charge in [0.2, 0.25) is 5.89 Å². The molecule has 1 N–H and O–H groups in total. The zero-order valence-corrected chi connectivity index (χ0v) is 15.2. The number of thiophene rings is 1. The number of aryl methyl sites for hydroxylation is 1. The molecule has 10 nitrogen and oxygen atoms in total. The highest BCUT2D eigenvalue weighted by atomic mass is 32.2. The standard InChI is InChI=1S/C15H12N4O6S2/c20-14(11-6-7-13(26-11)19(21)22)16-15-18-17-12(25-15)8-9-27(23,24)10-4-2-1-3-5-10/h1-7H,8-9H2,(H,16,18,20). The van der Waals surface area contributed by atoms with Gasteiger partial charge in [0.15, 0.2) is 9.84 Å². The number of rotatable bonds is 7. The molecular formula is C15H12N4O6S2. The fraction of sp³-hybridized carbons (Fsp3) is 0.133. The SMILES string of the molecule is O=C(Nc1nnc(CCS(=O)(=O)c2ccccc2)o1)c1ccc([N+](=O)[O-])s1. The summed E-state index contributed by atoms with van der Waals surface area (Å²) in [6.07, 6.45) is -0.0232. The smallest absolute Gasteiger partial charge is 0.324 e. The average Bonchev–Trinajstić information content (AvgIpc) is 3.30. The van der Waals surface area contributed by atoms with E-state index in [4.69, 9.17) is 4.42 Å². The number of sulfone groups is 1. The van der Waals surface area contributed by atoms with Gasteiger partial charge in [-0.25, -0.2) is 8.42 Å². The highest BCUT2D eigenvalue weighted by Gasteiger charge is 2.19. The van der Waals surface area contributed by atoms with Crippen LogP contribution in [0.2, 0.25) is 0 Å². The summed E-state index contributed by atoms with van der Waals surface area (Å²) in [5, 5.41) is 20.1. The summed E-state index contributed by atoms with van der Waals surface area (Å²) in [4.78, 5) is 22.4. The molecule has 12 heteroatoms. The monoisotopic (exact) mass is 408 g/mol. The molecule has 3 aromatic rings. The normalized spacial score (nSPS) is 11.3. The van der Waals surface area contributed by atoms with Crippen molar-refractivity contribution >= 4 is 38.1 Å². The summed E-state index contributed by atoms with van der Waals surface area (Å²) in [6.45, 7) is 0. The van der Waals surface area contributed by atoms with Gasteiger partial charge in [0.1, 0.15) is 0 Å². The molecule has 1 aromatic carbocycles. The molecule has 0 aliphatic carbocycles. The fourth-order valence-corrected chi connectivity index (χ4v) is 4.05. The topological polar surface area (TPSA) is 145 Å². The lowest BCUT2D eigenvalue weighted by Gasteiger charge is -2.01. The molecule has 3 rings (SSSR count). The second-order valence-electron chi connectivity index (χ2n) is 5.23. The first-order valence-electron chi connectivity index (χ1n) is 7.51. The quantitative estimate of drug-likeness (QED) is 0.463. The van der Waals surface area contributed by atoms with E-state index in [0.717, 1.165) is 0 Å². The van der Waals surface area contributed by atoms with Gasteiger partial charge in [-0.15, -0.1) is 5.10 Å². The molecule has 0 aliphatic heterocycles. The van der Waals surface area contributed by atoms with Crippen molar-refractivity contribution in [1.82, 2.24) is 10.2 Å². The Morgan fingerprint density at radius 3 is 2.59 bits per heavy atom. The molecule has 0 spiro atoms. The maximum Gasteiger partial charge on any atom is 0.324 e. The Morgan fingerprint density at radius 2 is 1.93 bits per heavy atom. The molecule has 2 heterocycles. The molecule has 0 aliphatic rings. The molecular weight excluding hydrogens is 396 g/mol. The van der Waals surface area contributed by atoms with Crippen molar-refractivity contribution in [1.29, 1.82) is 0 Å². The number of nitrogens with zero attached hydrogens (tertiary/aromatic N) is 3. The first kappa shape index (κ1) is 18.7. The number of hydrogen-bond donors (Lipinski definition) is 1. The number of aromatic nitrogens is 2. The summed E-state index contributed by atoms with van der Waals surface area (Å²) >= 11 is 0.706. The van der Waals surface area contributed by atoms with Gasteiger partial charge in [0.05, 0.1) is 20.4 Å². The van der Waals surface area contributed by atoms with E-state index in [-0.39, 0.29) is 38.9 Å². The number of nitro groups is 1. The van der Waals surface area contributed by atoms with Crippen molar-refractivity contribution in [2.75, 3.05) is 11.1 Å². The third kappa shape index (κ3) is 4.54. The Morgan fingerprint density at radius 1 is 1.19 bits per heavy atom. The Hall–Kier alpha value is -3.12. The van der Waals surface area contributed by atoms with Crippen molar-refractivity contribution in [3.8, 4) is 0 Å². The van der Waals surface area contributed by atoms with Crippen LogP contribution in [0.3, 0.4) is 0 Å². The maximum atomic E-state index is 12.2. The minimum Gasteiger partial charge on any atom is -0.408 e. The van der Waals surface area contributed by atoms with E-state index in [0.29, 0.717) is 11.3 Å². The number of benzene rings is 1. The Bertz CT molecular complexity index is 1070. The van der Waals surface area contributed by atoms with Gasteiger partial charge in [0, 0.05) is 12.5 Å². The summed E-state index contributed by atoms with van der Waals surface area (Å²) < 4.78 is 29.7. The van der Waals surface area contributed by atoms with Crippen LogP contribution in [-0.4, -0.2) is 35.2 Å². The van der Waals surface area contributed by atoms with Gasteiger partial charge in [-0.05, 0) is 18.2 Å². The molecule has 2 aromatic heterocycles. The highest BCUT2D eigenvalue weighted by molar-refractivity contribution is 7.91. The van der Waals surface area contributed by atoms with Crippen LogP contribution in [0.1, 0.15) is 15.6 Å². The van der Waals surface area contributed by atoms with Crippen molar-refractivity contribution in [3.05, 3.63) is 63.3 Å². The van der Waals surface area contributed by atoms with E-state index in [2.05, 4.69) is 15.5 Å². The van der Waals surface area contributed by atoms with Gasteiger partial charge < -0.3 is 4.42 Å². The van der Waals surface area contributed by atoms with Gasteiger partial charge >= 0.3 is 11.0 Å². The molecule has 27 heavy (non-hydrogen) atoms. The van der Waals surface area contributed by atoms with Crippen LogP contribution in [0.5, 0.6) is 0 Å². The summed E-state index contributed by atoms with van der Waals surface area (Å²) in [5.41, 5.74) is 0. The van der Waals surface area contributed by atoms with Crippen molar-refractivity contribution in [2.45, 2.75) is 11.3 Å². The van der Waals surface area contributed by atoms with Gasteiger partial charge in [-0.2, -0.15) is 0 Å². The van der Waals surface area contributed by atoms with Crippen LogP contribution in [0.15, 0.2) is 51.8 Å². The van der Waals surface area contributed by atoms with Crippen LogP contribution in [0.25, 0.3) is 0 Å². The van der Waals surface area contributed by atoms with Crippen LogP contribution < -0.4 is 5.32 Å². The summed E-state index contributed by atoms with van der Waals surface area (Å²) in [7, 11) is -3.50.